The second-order valence-electron chi connectivity index (χ2n) is 5.25. The summed E-state index contributed by atoms with van der Waals surface area (Å²) in [6.45, 7) is 9.73. The van der Waals surface area contributed by atoms with Crippen LogP contribution >= 0.6 is 11.6 Å². The lowest BCUT2D eigenvalue weighted by atomic mass is 9.82. The van der Waals surface area contributed by atoms with Gasteiger partial charge in [0.2, 0.25) is 0 Å². The van der Waals surface area contributed by atoms with E-state index in [0.29, 0.717) is 11.1 Å². The molecular weight excluding hydrogens is 234 g/mol. The smallest absolute Gasteiger partial charge is 0.137 e. The lowest BCUT2D eigenvalue weighted by molar-refractivity contribution is 0.276. The van der Waals surface area contributed by atoms with Crippen LogP contribution < -0.4 is 10.1 Å². The van der Waals surface area contributed by atoms with Gasteiger partial charge in [0.25, 0.3) is 0 Å². The zero-order chi connectivity index (χ0) is 13.1. The Bertz CT molecular complexity index is 371. The van der Waals surface area contributed by atoms with E-state index in [1.54, 1.807) is 7.11 Å². The highest BCUT2D eigenvalue weighted by atomic mass is 35.5. The van der Waals surface area contributed by atoms with Crippen molar-refractivity contribution in [2.24, 2.45) is 5.41 Å². The second kappa shape index (κ2) is 5.74. The van der Waals surface area contributed by atoms with Gasteiger partial charge in [-0.1, -0.05) is 45.4 Å². The average molecular weight is 256 g/mol. The van der Waals surface area contributed by atoms with Crippen molar-refractivity contribution in [1.29, 1.82) is 0 Å². The van der Waals surface area contributed by atoms with E-state index in [4.69, 9.17) is 16.3 Å². The van der Waals surface area contributed by atoms with Crippen LogP contribution in [0.2, 0.25) is 5.02 Å². The molecule has 3 heteroatoms. The van der Waals surface area contributed by atoms with Gasteiger partial charge in [0, 0.05) is 6.04 Å². The molecule has 17 heavy (non-hydrogen) atoms. The van der Waals surface area contributed by atoms with E-state index < -0.39 is 0 Å². The quantitative estimate of drug-likeness (QED) is 0.877. The Morgan fingerprint density at radius 3 is 2.47 bits per heavy atom. The predicted octanol–water partition coefficient (Wildman–Crippen LogP) is 4.05. The molecule has 0 aliphatic carbocycles. The number of hydrogen-bond acceptors (Lipinski definition) is 2. The Kier molecular flexibility index (Phi) is 4.84. The van der Waals surface area contributed by atoms with Crippen LogP contribution in [0.15, 0.2) is 18.2 Å². The van der Waals surface area contributed by atoms with Gasteiger partial charge in [-0.05, 0) is 29.7 Å². The maximum absolute atomic E-state index is 6.05. The van der Waals surface area contributed by atoms with Crippen LogP contribution in [0.4, 0.5) is 0 Å². The van der Waals surface area contributed by atoms with E-state index >= 15 is 0 Å². The molecule has 0 spiro atoms. The number of benzene rings is 1. The van der Waals surface area contributed by atoms with Gasteiger partial charge in [0.15, 0.2) is 0 Å². The molecule has 0 heterocycles. The largest absolute Gasteiger partial charge is 0.495 e. The van der Waals surface area contributed by atoms with Gasteiger partial charge in [-0.2, -0.15) is 0 Å². The van der Waals surface area contributed by atoms with Crippen molar-refractivity contribution in [3.8, 4) is 5.75 Å². The van der Waals surface area contributed by atoms with Gasteiger partial charge in [0.1, 0.15) is 5.75 Å². The Balaban J connectivity index is 3.10. The highest BCUT2D eigenvalue weighted by Crippen LogP contribution is 2.36. The molecule has 0 fully saturated rings. The van der Waals surface area contributed by atoms with Crippen LogP contribution in [0.5, 0.6) is 5.75 Å². The number of halogens is 1. The molecule has 2 nitrogen and oxygen atoms in total. The summed E-state index contributed by atoms with van der Waals surface area (Å²) in [5.74, 6) is 0.733. The first-order valence-corrected chi connectivity index (χ1v) is 6.34. The molecule has 0 bridgehead atoms. The molecule has 1 rings (SSSR count). The fourth-order valence-electron chi connectivity index (χ4n) is 1.98. The van der Waals surface area contributed by atoms with Crippen LogP contribution in [0.3, 0.4) is 0 Å². The Hall–Kier alpha value is -0.730. The molecule has 0 amide bonds. The minimum atomic E-state index is 0.148. The van der Waals surface area contributed by atoms with Crippen molar-refractivity contribution in [3.63, 3.8) is 0 Å². The molecule has 0 saturated carbocycles. The first kappa shape index (κ1) is 14.3. The summed E-state index contributed by atoms with van der Waals surface area (Å²) in [6, 6.07) is 6.26. The third-order valence-corrected chi connectivity index (χ3v) is 3.10. The second-order valence-corrected chi connectivity index (χ2v) is 5.66. The van der Waals surface area contributed by atoms with E-state index in [1.165, 1.54) is 5.56 Å². The number of hydrogen-bond donors (Lipinski definition) is 1. The average Bonchev–Trinajstić information content (AvgIpc) is 2.25. The van der Waals surface area contributed by atoms with Crippen LogP contribution in [0.25, 0.3) is 0 Å². The van der Waals surface area contributed by atoms with Gasteiger partial charge in [0.05, 0.1) is 12.1 Å². The number of methoxy groups -OCH3 is 1. The van der Waals surface area contributed by atoms with Crippen molar-refractivity contribution in [3.05, 3.63) is 28.8 Å². The summed E-state index contributed by atoms with van der Waals surface area (Å²) in [5, 5.41) is 4.16. The summed E-state index contributed by atoms with van der Waals surface area (Å²) >= 11 is 6.05. The van der Waals surface area contributed by atoms with Gasteiger partial charge < -0.3 is 10.1 Å². The summed E-state index contributed by atoms with van der Waals surface area (Å²) in [5.41, 5.74) is 1.36. The van der Waals surface area contributed by atoms with Crippen molar-refractivity contribution < 1.29 is 4.74 Å². The summed E-state index contributed by atoms with van der Waals surface area (Å²) in [4.78, 5) is 0. The molecule has 1 unspecified atom stereocenters. The van der Waals surface area contributed by atoms with Crippen molar-refractivity contribution in [2.45, 2.75) is 33.7 Å². The number of nitrogens with one attached hydrogen (secondary N) is 1. The topological polar surface area (TPSA) is 21.3 Å². The van der Waals surface area contributed by atoms with Crippen LogP contribution in [0, 0.1) is 5.41 Å². The maximum atomic E-state index is 6.05. The molecule has 0 radical (unpaired) electrons. The monoisotopic (exact) mass is 255 g/mol. The van der Waals surface area contributed by atoms with Gasteiger partial charge in [-0.3, -0.25) is 0 Å². The molecule has 0 aliphatic heterocycles. The molecule has 0 saturated heterocycles. The zero-order valence-corrected chi connectivity index (χ0v) is 12.1. The standard InChI is InChI=1S/C14H22ClNO/c1-6-16-13(14(2,3)4)10-7-8-11(15)12(9-10)17-5/h7-9,13,16H,6H2,1-5H3. The van der Waals surface area contributed by atoms with E-state index in [-0.39, 0.29) is 5.41 Å². The molecule has 1 aromatic carbocycles. The fraction of sp³-hybridized carbons (Fsp3) is 0.571. The van der Waals surface area contributed by atoms with Gasteiger partial charge in [-0.15, -0.1) is 0 Å². The molecule has 0 aromatic heterocycles. The predicted molar refractivity (Wildman–Crippen MR) is 73.9 cm³/mol. The van der Waals surface area contributed by atoms with Crippen molar-refractivity contribution in [1.82, 2.24) is 5.32 Å². The Morgan fingerprint density at radius 1 is 1.35 bits per heavy atom. The lowest BCUT2D eigenvalue weighted by Gasteiger charge is -2.32. The van der Waals surface area contributed by atoms with Gasteiger partial charge >= 0.3 is 0 Å². The summed E-state index contributed by atoms with van der Waals surface area (Å²) in [7, 11) is 1.64. The SMILES string of the molecule is CCNC(c1ccc(Cl)c(OC)c1)C(C)(C)C. The van der Waals surface area contributed by atoms with E-state index in [1.807, 2.05) is 12.1 Å². The summed E-state index contributed by atoms with van der Waals surface area (Å²) < 4.78 is 5.27. The van der Waals surface area contributed by atoms with Crippen LogP contribution in [0.1, 0.15) is 39.3 Å². The number of rotatable bonds is 4. The highest BCUT2D eigenvalue weighted by molar-refractivity contribution is 6.32. The molecule has 96 valence electrons. The van der Waals surface area contributed by atoms with E-state index in [2.05, 4.69) is 39.1 Å². The van der Waals surface area contributed by atoms with Crippen LogP contribution in [-0.2, 0) is 0 Å². The first-order valence-electron chi connectivity index (χ1n) is 5.97. The van der Waals surface area contributed by atoms with E-state index in [9.17, 15) is 0 Å². The third-order valence-electron chi connectivity index (χ3n) is 2.78. The maximum Gasteiger partial charge on any atom is 0.137 e. The van der Waals surface area contributed by atoms with Gasteiger partial charge in [-0.25, -0.2) is 0 Å². The molecule has 0 aliphatic rings. The molecule has 1 N–H and O–H groups in total. The lowest BCUT2D eigenvalue weighted by Crippen LogP contribution is -2.32. The molecular formula is C14H22ClNO. The Labute approximate surface area is 109 Å². The van der Waals surface area contributed by atoms with Crippen LogP contribution in [-0.4, -0.2) is 13.7 Å². The normalized spacial score (nSPS) is 13.5. The fourth-order valence-corrected chi connectivity index (χ4v) is 2.18. The minimum absolute atomic E-state index is 0.148. The summed E-state index contributed by atoms with van der Waals surface area (Å²) in [6.07, 6.45) is 0. The Morgan fingerprint density at radius 2 is 2.00 bits per heavy atom. The third kappa shape index (κ3) is 3.62. The van der Waals surface area contributed by atoms with Crippen molar-refractivity contribution >= 4 is 11.6 Å². The highest BCUT2D eigenvalue weighted by Gasteiger charge is 2.25. The molecule has 1 atom stereocenters. The van der Waals surface area contributed by atoms with E-state index in [0.717, 1.165) is 12.3 Å². The number of ether oxygens (including phenoxy) is 1. The van der Waals surface area contributed by atoms with Crippen molar-refractivity contribution in [2.75, 3.05) is 13.7 Å². The molecule has 1 aromatic rings. The zero-order valence-electron chi connectivity index (χ0n) is 11.3. The minimum Gasteiger partial charge on any atom is -0.495 e. The first-order chi connectivity index (χ1) is 7.90.